The number of benzene rings is 2. The number of aromatic nitrogens is 1. The van der Waals surface area contributed by atoms with Gasteiger partial charge in [-0.2, -0.15) is 9.49 Å². The van der Waals surface area contributed by atoms with Gasteiger partial charge in [0.1, 0.15) is 45.0 Å². The fourth-order valence-corrected chi connectivity index (χ4v) is 4.22. The number of thioether (sulfide) groups is 1. The second kappa shape index (κ2) is 8.58. The van der Waals surface area contributed by atoms with Crippen molar-refractivity contribution in [2.45, 2.75) is 5.37 Å². The van der Waals surface area contributed by atoms with Crippen molar-refractivity contribution in [3.05, 3.63) is 94.6 Å². The Hall–Kier alpha value is -3.47. The van der Waals surface area contributed by atoms with Crippen molar-refractivity contribution >= 4 is 22.7 Å². The lowest BCUT2D eigenvalue weighted by molar-refractivity contribution is 0.0738. The minimum absolute atomic E-state index is 0.0639. The molecule has 0 saturated carbocycles. The normalized spacial score (nSPS) is 15.6. The monoisotopic (exact) mass is 465 g/mol. The zero-order valence-electron chi connectivity index (χ0n) is 16.2. The molecule has 0 fully saturated rings. The molecule has 0 bridgehead atoms. The van der Waals surface area contributed by atoms with Crippen LogP contribution < -0.4 is 4.74 Å². The molecule has 1 aliphatic rings. The molecule has 1 unspecified atom stereocenters. The number of carbonyl (C=O) groups is 1. The first kappa shape index (κ1) is 21.8. The van der Waals surface area contributed by atoms with Crippen LogP contribution in [0.1, 0.15) is 26.9 Å². The van der Waals surface area contributed by atoms with E-state index >= 15 is 0 Å². The Kier molecular flexibility index (Phi) is 5.83. The van der Waals surface area contributed by atoms with Crippen LogP contribution in [0.2, 0.25) is 0 Å². The Labute approximate surface area is 182 Å². The lowest BCUT2D eigenvalue weighted by atomic mass is 10.1. The van der Waals surface area contributed by atoms with Crippen molar-refractivity contribution in [2.24, 2.45) is 5.10 Å². The van der Waals surface area contributed by atoms with Gasteiger partial charge in [-0.15, -0.1) is 0 Å². The smallest absolute Gasteiger partial charge is 0.281 e. The van der Waals surface area contributed by atoms with Crippen LogP contribution in [0.5, 0.6) is 5.75 Å². The van der Waals surface area contributed by atoms with Gasteiger partial charge in [-0.05, 0) is 24.3 Å². The summed E-state index contributed by atoms with van der Waals surface area (Å²) >= 11 is 0.975. The third kappa shape index (κ3) is 4.03. The van der Waals surface area contributed by atoms with Crippen LogP contribution in [-0.4, -0.2) is 28.1 Å². The summed E-state index contributed by atoms with van der Waals surface area (Å²) in [4.78, 5) is 16.6. The van der Waals surface area contributed by atoms with Gasteiger partial charge in [0, 0.05) is 35.5 Å². The lowest BCUT2D eigenvalue weighted by Crippen LogP contribution is -2.28. The van der Waals surface area contributed by atoms with Crippen molar-refractivity contribution in [1.29, 1.82) is 0 Å². The van der Waals surface area contributed by atoms with E-state index in [-0.39, 0.29) is 16.4 Å². The van der Waals surface area contributed by atoms with Gasteiger partial charge in [0.15, 0.2) is 0 Å². The van der Waals surface area contributed by atoms with Gasteiger partial charge in [0.05, 0.1) is 7.11 Å². The van der Waals surface area contributed by atoms with E-state index in [1.54, 1.807) is 0 Å². The van der Waals surface area contributed by atoms with Crippen LogP contribution in [0.4, 0.5) is 22.0 Å². The Morgan fingerprint density at radius 1 is 1.00 bits per heavy atom. The van der Waals surface area contributed by atoms with Gasteiger partial charge >= 0.3 is 0 Å². The summed E-state index contributed by atoms with van der Waals surface area (Å²) in [6, 6.07) is 6.73. The van der Waals surface area contributed by atoms with E-state index in [2.05, 4.69) is 10.1 Å². The number of methoxy groups -OCH3 is 1. The molecule has 5 nitrogen and oxygen atoms in total. The van der Waals surface area contributed by atoms with Gasteiger partial charge < -0.3 is 4.74 Å². The molecule has 32 heavy (non-hydrogen) atoms. The highest BCUT2D eigenvalue weighted by molar-refractivity contribution is 8.14. The number of hydrogen-bond acceptors (Lipinski definition) is 5. The molecule has 0 aliphatic carbocycles. The Bertz CT molecular complexity index is 1210. The van der Waals surface area contributed by atoms with Crippen molar-refractivity contribution < 1.29 is 31.5 Å². The second-order valence-corrected chi connectivity index (χ2v) is 7.59. The van der Waals surface area contributed by atoms with E-state index in [1.165, 1.54) is 25.4 Å². The lowest BCUT2D eigenvalue weighted by Gasteiger charge is -2.23. The third-order valence-electron chi connectivity index (χ3n) is 4.51. The quantitative estimate of drug-likeness (QED) is 0.401. The molecule has 164 valence electrons. The van der Waals surface area contributed by atoms with E-state index < -0.39 is 46.1 Å². The topological polar surface area (TPSA) is 54.8 Å². The predicted molar refractivity (Wildman–Crippen MR) is 107 cm³/mol. The first-order valence-electron chi connectivity index (χ1n) is 8.97. The van der Waals surface area contributed by atoms with Crippen LogP contribution in [0.3, 0.4) is 0 Å². The summed E-state index contributed by atoms with van der Waals surface area (Å²) in [5.41, 5.74) is -0.401. The number of hydrogen-bond donors (Lipinski definition) is 0. The molecule has 1 atom stereocenters. The molecule has 0 spiro atoms. The number of hydrazone groups is 1. The van der Waals surface area contributed by atoms with Crippen molar-refractivity contribution in [1.82, 2.24) is 9.99 Å². The van der Waals surface area contributed by atoms with E-state index in [0.717, 1.165) is 35.0 Å². The maximum Gasteiger partial charge on any atom is 0.281 e. The molecule has 0 radical (unpaired) electrons. The molecule has 1 amide bonds. The summed E-state index contributed by atoms with van der Waals surface area (Å²) < 4.78 is 74.0. The summed E-state index contributed by atoms with van der Waals surface area (Å²) in [5, 5.41) is 4.08. The molecule has 0 N–H and O–H groups in total. The summed E-state index contributed by atoms with van der Waals surface area (Å²) in [5.74, 6) is -6.49. The van der Waals surface area contributed by atoms with Gasteiger partial charge in [-0.1, -0.05) is 11.8 Å². The number of halogens is 5. The number of ether oxygens (including phenoxy) is 1. The summed E-state index contributed by atoms with van der Waals surface area (Å²) in [7, 11) is 1.29. The number of nitrogens with zero attached hydrogens (tertiary/aromatic N) is 3. The standard InChI is InChI=1S/C21H12F5N3O2S/c1-31-16-8-11(22)3-4-13(16)21-29(20(30)18-14(24)6-12(23)7-15(18)25)28-19(32-21)10-2-5-17(26)27-9-10/h2-9,21H,1H3. The van der Waals surface area contributed by atoms with Crippen LogP contribution in [0.25, 0.3) is 0 Å². The van der Waals surface area contributed by atoms with E-state index in [9.17, 15) is 26.7 Å². The molecule has 1 aliphatic heterocycles. The minimum atomic E-state index is -1.41. The van der Waals surface area contributed by atoms with Gasteiger partial charge in [0.2, 0.25) is 5.95 Å². The maximum absolute atomic E-state index is 14.3. The molecule has 2 aromatic carbocycles. The molecule has 11 heteroatoms. The molecule has 1 aromatic heterocycles. The number of pyridine rings is 1. The fraction of sp³-hybridized carbons (Fsp3) is 0.0952. The predicted octanol–water partition coefficient (Wildman–Crippen LogP) is 5.04. The Morgan fingerprint density at radius 3 is 2.34 bits per heavy atom. The number of carbonyl (C=O) groups excluding carboxylic acids is 1. The van der Waals surface area contributed by atoms with E-state index in [4.69, 9.17) is 4.74 Å². The minimum Gasteiger partial charge on any atom is -0.496 e. The SMILES string of the molecule is COc1cc(F)ccc1C1SC(c2ccc(F)nc2)=NN1C(=O)c1c(F)cc(F)cc1F. The van der Waals surface area contributed by atoms with Crippen molar-refractivity contribution in [3.8, 4) is 5.75 Å². The fourth-order valence-electron chi connectivity index (χ4n) is 3.05. The molecule has 3 aromatic rings. The first-order chi connectivity index (χ1) is 15.3. The number of amides is 1. The first-order valence-corrected chi connectivity index (χ1v) is 9.85. The molecular formula is C21H12F5N3O2S. The zero-order chi connectivity index (χ0) is 23.0. The molecular weight excluding hydrogens is 453 g/mol. The Balaban J connectivity index is 1.82. The maximum atomic E-state index is 14.3. The second-order valence-electron chi connectivity index (χ2n) is 6.53. The van der Waals surface area contributed by atoms with Crippen molar-refractivity contribution in [3.63, 3.8) is 0 Å². The van der Waals surface area contributed by atoms with Crippen LogP contribution >= 0.6 is 11.8 Å². The largest absolute Gasteiger partial charge is 0.496 e. The van der Waals surface area contributed by atoms with E-state index in [1.807, 2.05) is 0 Å². The summed E-state index contributed by atoms with van der Waals surface area (Å²) in [6.45, 7) is 0. The van der Waals surface area contributed by atoms with Crippen molar-refractivity contribution in [2.75, 3.05) is 7.11 Å². The average molecular weight is 465 g/mol. The summed E-state index contributed by atoms with van der Waals surface area (Å²) in [6.07, 6.45) is 1.17. The molecule has 2 heterocycles. The number of rotatable bonds is 4. The highest BCUT2D eigenvalue weighted by Gasteiger charge is 2.38. The molecule has 4 rings (SSSR count). The van der Waals surface area contributed by atoms with Gasteiger partial charge in [-0.25, -0.2) is 27.6 Å². The third-order valence-corrected chi connectivity index (χ3v) is 5.73. The average Bonchev–Trinajstić information content (AvgIpc) is 3.18. The van der Waals surface area contributed by atoms with Crippen LogP contribution in [-0.2, 0) is 0 Å². The van der Waals surface area contributed by atoms with E-state index in [0.29, 0.717) is 17.7 Å². The zero-order valence-corrected chi connectivity index (χ0v) is 17.0. The molecule has 0 saturated heterocycles. The van der Waals surface area contributed by atoms with Gasteiger partial charge in [-0.3, -0.25) is 4.79 Å². The van der Waals surface area contributed by atoms with Crippen LogP contribution in [0, 0.1) is 29.2 Å². The van der Waals surface area contributed by atoms with Crippen LogP contribution in [0.15, 0.2) is 53.8 Å². The Morgan fingerprint density at radius 2 is 1.72 bits per heavy atom. The highest BCUT2D eigenvalue weighted by Crippen LogP contribution is 2.45. The highest BCUT2D eigenvalue weighted by atomic mass is 32.2. The van der Waals surface area contributed by atoms with Gasteiger partial charge in [0.25, 0.3) is 5.91 Å².